The van der Waals surface area contributed by atoms with Crippen LogP contribution in [0, 0.1) is 5.92 Å². The second-order valence-electron chi connectivity index (χ2n) is 8.08. The number of likely N-dealkylation sites (tertiary alicyclic amines) is 1. The second-order valence-corrected chi connectivity index (χ2v) is 9.20. The van der Waals surface area contributed by atoms with Crippen molar-refractivity contribution in [2.24, 2.45) is 5.92 Å². The number of hydrogen-bond acceptors (Lipinski definition) is 5. The van der Waals surface area contributed by atoms with Gasteiger partial charge in [-0.1, -0.05) is 25.0 Å². The van der Waals surface area contributed by atoms with E-state index in [1.54, 1.807) is 18.4 Å². The van der Waals surface area contributed by atoms with E-state index in [0.717, 1.165) is 36.0 Å². The molecule has 0 radical (unpaired) electrons. The van der Waals surface area contributed by atoms with Gasteiger partial charge in [-0.25, -0.2) is 4.98 Å². The van der Waals surface area contributed by atoms with E-state index in [4.69, 9.17) is 4.74 Å². The fourth-order valence-electron chi connectivity index (χ4n) is 4.60. The van der Waals surface area contributed by atoms with Crippen molar-refractivity contribution in [1.82, 2.24) is 14.8 Å². The first-order valence-electron chi connectivity index (χ1n) is 10.2. The second kappa shape index (κ2) is 8.62. The van der Waals surface area contributed by atoms with Crippen molar-refractivity contribution in [2.45, 2.75) is 44.7 Å². The molecule has 1 aliphatic carbocycles. The summed E-state index contributed by atoms with van der Waals surface area (Å²) in [5.41, 5.74) is 1.04. The fourth-order valence-corrected chi connectivity index (χ4v) is 5.62. The van der Waals surface area contributed by atoms with Gasteiger partial charge in [0.15, 0.2) is 0 Å². The minimum Gasteiger partial charge on any atom is -0.496 e. The molecule has 150 valence electrons. The highest BCUT2D eigenvalue weighted by atomic mass is 32.1. The number of ether oxygens (including phenoxy) is 1. The smallest absolute Gasteiger partial charge is 0.223 e. The highest BCUT2D eigenvalue weighted by Crippen LogP contribution is 2.33. The Hall–Kier alpha value is -1.92. The Morgan fingerprint density at radius 2 is 2.07 bits per heavy atom. The SMILES string of the molecule is COc1ccccc1-c1ncc(CN(C)CC2CC(=O)N(C3CCCC3)C2)s1. The first-order chi connectivity index (χ1) is 13.6. The lowest BCUT2D eigenvalue weighted by atomic mass is 10.1. The van der Waals surface area contributed by atoms with Gasteiger partial charge in [-0.05, 0) is 37.9 Å². The number of amides is 1. The van der Waals surface area contributed by atoms with Crippen molar-refractivity contribution >= 4 is 17.2 Å². The molecule has 1 saturated heterocycles. The van der Waals surface area contributed by atoms with E-state index in [0.29, 0.717) is 24.3 Å². The molecule has 0 bridgehead atoms. The van der Waals surface area contributed by atoms with E-state index in [-0.39, 0.29) is 0 Å². The van der Waals surface area contributed by atoms with Crippen molar-refractivity contribution in [2.75, 3.05) is 27.2 Å². The quantitative estimate of drug-likeness (QED) is 0.705. The van der Waals surface area contributed by atoms with Gasteiger partial charge in [-0.3, -0.25) is 4.79 Å². The number of benzene rings is 1. The maximum atomic E-state index is 12.4. The molecule has 2 aromatic rings. The van der Waals surface area contributed by atoms with Gasteiger partial charge in [0, 0.05) is 43.2 Å². The molecular weight excluding hydrogens is 370 g/mol. The summed E-state index contributed by atoms with van der Waals surface area (Å²) in [7, 11) is 3.84. The molecule has 2 aliphatic rings. The van der Waals surface area contributed by atoms with Gasteiger partial charge in [0.25, 0.3) is 0 Å². The number of nitrogens with zero attached hydrogens (tertiary/aromatic N) is 3. The molecule has 1 saturated carbocycles. The molecule has 5 nitrogen and oxygen atoms in total. The van der Waals surface area contributed by atoms with Crippen molar-refractivity contribution in [3.05, 3.63) is 35.3 Å². The molecule has 1 unspecified atom stereocenters. The minimum absolute atomic E-state index is 0.363. The first kappa shape index (κ1) is 19.4. The van der Waals surface area contributed by atoms with E-state index in [9.17, 15) is 4.79 Å². The normalized spacial score (nSPS) is 20.5. The predicted octanol–water partition coefficient (Wildman–Crippen LogP) is 4.04. The molecule has 1 aliphatic heterocycles. The fraction of sp³-hybridized carbons (Fsp3) is 0.545. The van der Waals surface area contributed by atoms with Crippen LogP contribution in [0.15, 0.2) is 30.5 Å². The summed E-state index contributed by atoms with van der Waals surface area (Å²) in [6.07, 6.45) is 7.61. The molecule has 1 amide bonds. The van der Waals surface area contributed by atoms with E-state index in [2.05, 4.69) is 21.8 Å². The topological polar surface area (TPSA) is 45.7 Å². The third-order valence-corrected chi connectivity index (χ3v) is 6.91. The minimum atomic E-state index is 0.363. The van der Waals surface area contributed by atoms with Crippen molar-refractivity contribution in [1.29, 1.82) is 0 Å². The van der Waals surface area contributed by atoms with Gasteiger partial charge in [0.05, 0.1) is 12.7 Å². The highest BCUT2D eigenvalue weighted by molar-refractivity contribution is 7.15. The molecule has 2 heterocycles. The maximum absolute atomic E-state index is 12.4. The van der Waals surface area contributed by atoms with Gasteiger partial charge >= 0.3 is 0 Å². The molecule has 6 heteroatoms. The third kappa shape index (κ3) is 4.23. The van der Waals surface area contributed by atoms with Crippen LogP contribution < -0.4 is 4.74 Å². The van der Waals surface area contributed by atoms with Gasteiger partial charge in [0.1, 0.15) is 10.8 Å². The zero-order valence-electron chi connectivity index (χ0n) is 16.8. The Labute approximate surface area is 171 Å². The van der Waals surface area contributed by atoms with Crippen LogP contribution in [-0.2, 0) is 11.3 Å². The summed E-state index contributed by atoms with van der Waals surface area (Å²) in [4.78, 5) is 22.8. The van der Waals surface area contributed by atoms with Crippen LogP contribution in [0.2, 0.25) is 0 Å². The van der Waals surface area contributed by atoms with Crippen LogP contribution in [0.4, 0.5) is 0 Å². The summed E-state index contributed by atoms with van der Waals surface area (Å²) < 4.78 is 5.46. The molecule has 1 aromatic heterocycles. The summed E-state index contributed by atoms with van der Waals surface area (Å²) in [5, 5.41) is 0.990. The van der Waals surface area contributed by atoms with Gasteiger partial charge in [-0.15, -0.1) is 11.3 Å². The summed E-state index contributed by atoms with van der Waals surface area (Å²) >= 11 is 1.71. The monoisotopic (exact) mass is 399 g/mol. The standard InChI is InChI=1S/C22H29N3O2S/c1-24(13-16-11-21(26)25(14-16)17-7-3-4-8-17)15-18-12-23-22(28-18)19-9-5-6-10-20(19)27-2/h5-6,9-10,12,16-17H,3-4,7-8,11,13-15H2,1-2H3. The number of carbonyl (C=O) groups is 1. The largest absolute Gasteiger partial charge is 0.496 e. The zero-order chi connectivity index (χ0) is 19.5. The van der Waals surface area contributed by atoms with E-state index in [1.165, 1.54) is 30.6 Å². The third-order valence-electron chi connectivity index (χ3n) is 5.89. The average Bonchev–Trinajstić information content (AvgIpc) is 3.43. The average molecular weight is 400 g/mol. The van der Waals surface area contributed by atoms with Crippen molar-refractivity contribution < 1.29 is 9.53 Å². The number of aromatic nitrogens is 1. The predicted molar refractivity (Wildman–Crippen MR) is 113 cm³/mol. The Kier molecular flexibility index (Phi) is 5.97. The highest BCUT2D eigenvalue weighted by Gasteiger charge is 2.35. The molecule has 4 rings (SSSR count). The van der Waals surface area contributed by atoms with Crippen LogP contribution in [0.5, 0.6) is 5.75 Å². The lowest BCUT2D eigenvalue weighted by molar-refractivity contribution is -0.129. The summed E-state index contributed by atoms with van der Waals surface area (Å²) in [5.74, 6) is 1.66. The van der Waals surface area contributed by atoms with E-state index in [1.807, 2.05) is 30.5 Å². The van der Waals surface area contributed by atoms with Gasteiger partial charge in [0.2, 0.25) is 5.91 Å². The maximum Gasteiger partial charge on any atom is 0.223 e. The molecular formula is C22H29N3O2S. The number of carbonyl (C=O) groups excluding carboxylic acids is 1. The number of thiazole rings is 1. The lowest BCUT2D eigenvalue weighted by Gasteiger charge is -2.25. The van der Waals surface area contributed by atoms with Gasteiger partial charge in [-0.2, -0.15) is 0 Å². The summed E-state index contributed by atoms with van der Waals surface area (Å²) in [6.45, 7) is 2.75. The van der Waals surface area contributed by atoms with Crippen LogP contribution in [0.25, 0.3) is 10.6 Å². The van der Waals surface area contributed by atoms with Crippen molar-refractivity contribution in [3.8, 4) is 16.3 Å². The van der Waals surface area contributed by atoms with Crippen molar-refractivity contribution in [3.63, 3.8) is 0 Å². The number of rotatable bonds is 7. The van der Waals surface area contributed by atoms with Gasteiger partial charge < -0.3 is 14.5 Å². The van der Waals surface area contributed by atoms with E-state index >= 15 is 0 Å². The molecule has 1 atom stereocenters. The van der Waals surface area contributed by atoms with Crippen LogP contribution in [-0.4, -0.2) is 54.0 Å². The van der Waals surface area contributed by atoms with Crippen LogP contribution in [0.3, 0.4) is 0 Å². The Balaban J connectivity index is 1.34. The molecule has 0 N–H and O–H groups in total. The lowest BCUT2D eigenvalue weighted by Crippen LogP contribution is -2.35. The number of methoxy groups -OCH3 is 1. The Morgan fingerprint density at radius 3 is 2.86 bits per heavy atom. The summed E-state index contributed by atoms with van der Waals surface area (Å²) in [6, 6.07) is 8.51. The zero-order valence-corrected chi connectivity index (χ0v) is 17.6. The Morgan fingerprint density at radius 1 is 1.29 bits per heavy atom. The van der Waals surface area contributed by atoms with Crippen LogP contribution >= 0.6 is 11.3 Å². The van der Waals surface area contributed by atoms with E-state index < -0.39 is 0 Å². The van der Waals surface area contributed by atoms with Crippen LogP contribution in [0.1, 0.15) is 37.0 Å². The number of hydrogen-bond donors (Lipinski definition) is 0. The molecule has 28 heavy (non-hydrogen) atoms. The first-order valence-corrected chi connectivity index (χ1v) is 11.0. The molecule has 2 fully saturated rings. The Bertz CT molecular complexity index is 816. The number of para-hydroxylation sites is 1. The molecule has 0 spiro atoms. The molecule has 1 aromatic carbocycles.